The fourth-order valence-electron chi connectivity index (χ4n) is 6.66. The van der Waals surface area contributed by atoms with Gasteiger partial charge in [0.25, 0.3) is 5.91 Å². The molecule has 1 aromatic heterocycles. The summed E-state index contributed by atoms with van der Waals surface area (Å²) in [6.45, 7) is 2.56. The van der Waals surface area contributed by atoms with Crippen LogP contribution in [0.4, 0.5) is 0 Å². The lowest BCUT2D eigenvalue weighted by molar-refractivity contribution is -0.143. The van der Waals surface area contributed by atoms with Crippen molar-refractivity contribution in [1.29, 1.82) is 0 Å². The van der Waals surface area contributed by atoms with E-state index in [2.05, 4.69) is 53.1 Å². The molecule has 2 atom stereocenters. The van der Waals surface area contributed by atoms with Crippen LogP contribution in [-0.2, 0) is 29.1 Å². The Morgan fingerprint density at radius 2 is 1.60 bits per heavy atom. The number of aromatic nitrogens is 1. The maximum Gasteiger partial charge on any atom is 0.254 e. The maximum atomic E-state index is 14.1. The van der Waals surface area contributed by atoms with E-state index < -0.39 is 12.1 Å². The number of benzene rings is 4. The Labute approximate surface area is 276 Å². The first kappa shape index (κ1) is 32.0. The van der Waals surface area contributed by atoms with Crippen molar-refractivity contribution >= 4 is 39.4 Å². The number of hydrogen-bond acceptors (Lipinski definition) is 4. The Morgan fingerprint density at radius 1 is 0.872 bits per heavy atom. The summed E-state index contributed by atoms with van der Waals surface area (Å²) in [5, 5.41) is 6.11. The Balaban J connectivity index is 1.22. The highest BCUT2D eigenvalue weighted by Crippen LogP contribution is 2.25. The molecule has 5 aromatic rings. The van der Waals surface area contributed by atoms with Crippen LogP contribution in [0.1, 0.15) is 34.3 Å². The second-order valence-corrected chi connectivity index (χ2v) is 12.8. The molecule has 1 N–H and O–H groups in total. The van der Waals surface area contributed by atoms with Crippen LogP contribution in [0.3, 0.4) is 0 Å². The number of likely N-dealkylation sites (tertiary alicyclic amines) is 1. The van der Waals surface area contributed by atoms with Gasteiger partial charge >= 0.3 is 0 Å². The second-order valence-electron chi connectivity index (χ2n) is 12.8. The van der Waals surface area contributed by atoms with Gasteiger partial charge in [-0.15, -0.1) is 0 Å². The molecule has 3 amide bonds. The number of likely N-dealkylation sites (N-methyl/N-ethyl adjacent to an activating group) is 1. The summed E-state index contributed by atoms with van der Waals surface area (Å²) in [6.07, 6.45) is 3.68. The van der Waals surface area contributed by atoms with Crippen molar-refractivity contribution in [2.45, 2.75) is 44.4 Å². The second kappa shape index (κ2) is 14.2. The van der Waals surface area contributed by atoms with Gasteiger partial charge in [-0.2, -0.15) is 0 Å². The standard InChI is InChI=1S/C39H43N5O3/c1-41(2)21-11-22-43-27-33(32-16-9-10-17-35(32)43)37(45)40-34-20-23-44(38(34)46)36(39(47)42(3)26-28-12-5-4-6-13-28)25-29-18-19-30-14-7-8-15-31(30)24-29/h4-10,12-19,24,27,34,36H,11,20-23,25-26H2,1-3H3,(H,40,45). The summed E-state index contributed by atoms with van der Waals surface area (Å²) in [4.78, 5) is 47.4. The number of nitrogens with zero attached hydrogens (tertiary/aromatic N) is 4. The van der Waals surface area contributed by atoms with Crippen LogP contribution in [0.2, 0.25) is 0 Å². The Bertz CT molecular complexity index is 1880. The largest absolute Gasteiger partial charge is 0.347 e. The minimum absolute atomic E-state index is 0.122. The van der Waals surface area contributed by atoms with Crippen LogP contribution in [0.5, 0.6) is 0 Å². The molecule has 47 heavy (non-hydrogen) atoms. The average Bonchev–Trinajstić information content (AvgIpc) is 3.63. The van der Waals surface area contributed by atoms with E-state index in [-0.39, 0.29) is 17.7 Å². The quantitative estimate of drug-likeness (QED) is 0.202. The third-order valence-corrected chi connectivity index (χ3v) is 9.13. The molecule has 1 aliphatic heterocycles. The van der Waals surface area contributed by atoms with E-state index in [1.807, 2.05) is 79.0 Å². The van der Waals surface area contributed by atoms with E-state index in [1.54, 1.807) is 16.8 Å². The van der Waals surface area contributed by atoms with E-state index >= 15 is 0 Å². The molecule has 0 bridgehead atoms. The van der Waals surface area contributed by atoms with Crippen LogP contribution < -0.4 is 5.32 Å². The highest BCUT2D eigenvalue weighted by Gasteiger charge is 2.40. The predicted molar refractivity (Wildman–Crippen MR) is 187 cm³/mol. The zero-order valence-electron chi connectivity index (χ0n) is 27.4. The number of carbonyl (C=O) groups excluding carboxylic acids is 3. The minimum Gasteiger partial charge on any atom is -0.347 e. The molecule has 2 unspecified atom stereocenters. The number of amides is 3. The normalized spacial score (nSPS) is 15.4. The number of para-hydroxylation sites is 1. The third kappa shape index (κ3) is 7.23. The first-order chi connectivity index (χ1) is 22.8. The van der Waals surface area contributed by atoms with E-state index in [0.717, 1.165) is 52.3 Å². The van der Waals surface area contributed by atoms with E-state index in [9.17, 15) is 14.4 Å². The first-order valence-corrected chi connectivity index (χ1v) is 16.4. The molecule has 242 valence electrons. The fraction of sp³-hybridized carbons (Fsp3) is 0.308. The van der Waals surface area contributed by atoms with Gasteiger partial charge in [0.05, 0.1) is 5.56 Å². The monoisotopic (exact) mass is 629 g/mol. The number of nitrogens with one attached hydrogen (secondary N) is 1. The predicted octanol–water partition coefficient (Wildman–Crippen LogP) is 5.35. The smallest absolute Gasteiger partial charge is 0.254 e. The summed E-state index contributed by atoms with van der Waals surface area (Å²) >= 11 is 0. The number of aryl methyl sites for hydroxylation is 1. The topological polar surface area (TPSA) is 77.9 Å². The molecule has 0 aliphatic carbocycles. The zero-order valence-corrected chi connectivity index (χ0v) is 27.4. The number of rotatable bonds is 12. The molecule has 8 heteroatoms. The molecule has 0 radical (unpaired) electrons. The van der Waals surface area contributed by atoms with Gasteiger partial charge in [-0.3, -0.25) is 14.4 Å². The van der Waals surface area contributed by atoms with Gasteiger partial charge in [0, 0.05) is 50.2 Å². The van der Waals surface area contributed by atoms with Crippen molar-refractivity contribution in [3.8, 4) is 0 Å². The molecule has 0 saturated carbocycles. The van der Waals surface area contributed by atoms with Crippen LogP contribution in [0.25, 0.3) is 21.7 Å². The van der Waals surface area contributed by atoms with Gasteiger partial charge in [0.15, 0.2) is 0 Å². The van der Waals surface area contributed by atoms with Gasteiger partial charge in [0.1, 0.15) is 12.1 Å². The highest BCUT2D eigenvalue weighted by atomic mass is 16.2. The van der Waals surface area contributed by atoms with Crippen molar-refractivity contribution in [2.24, 2.45) is 0 Å². The van der Waals surface area contributed by atoms with Crippen LogP contribution in [-0.4, -0.2) is 83.3 Å². The molecular formula is C39H43N5O3. The SMILES string of the molecule is CN(C)CCCn1cc(C(=O)NC2CCN(C(Cc3ccc4ccccc4c3)C(=O)N(C)Cc3ccccc3)C2=O)c2ccccc21. The highest BCUT2D eigenvalue weighted by molar-refractivity contribution is 6.08. The van der Waals surface area contributed by atoms with Crippen molar-refractivity contribution < 1.29 is 14.4 Å². The number of carbonyl (C=O) groups is 3. The van der Waals surface area contributed by atoms with Crippen LogP contribution >= 0.6 is 0 Å². The van der Waals surface area contributed by atoms with Crippen LogP contribution in [0, 0.1) is 0 Å². The van der Waals surface area contributed by atoms with Crippen molar-refractivity contribution in [1.82, 2.24) is 24.6 Å². The zero-order chi connectivity index (χ0) is 32.9. The number of hydrogen-bond donors (Lipinski definition) is 1. The van der Waals surface area contributed by atoms with Gasteiger partial charge in [-0.1, -0.05) is 91.0 Å². The van der Waals surface area contributed by atoms with E-state index in [4.69, 9.17) is 0 Å². The fourth-order valence-corrected chi connectivity index (χ4v) is 6.66. The lowest BCUT2D eigenvalue weighted by Gasteiger charge is -2.31. The van der Waals surface area contributed by atoms with E-state index in [1.165, 1.54) is 0 Å². The molecule has 1 fully saturated rings. The summed E-state index contributed by atoms with van der Waals surface area (Å²) in [7, 11) is 5.89. The Hall–Kier alpha value is -4.95. The van der Waals surface area contributed by atoms with Gasteiger partial charge in [0.2, 0.25) is 11.8 Å². The molecule has 6 rings (SSSR count). The molecular weight excluding hydrogens is 586 g/mol. The van der Waals surface area contributed by atoms with Gasteiger partial charge in [-0.05, 0) is 61.4 Å². The van der Waals surface area contributed by atoms with Gasteiger partial charge in [-0.25, -0.2) is 0 Å². The lowest BCUT2D eigenvalue weighted by Crippen LogP contribution is -2.51. The summed E-state index contributed by atoms with van der Waals surface area (Å²) in [5.41, 5.74) is 3.56. The molecule has 4 aromatic carbocycles. The molecule has 1 saturated heterocycles. The lowest BCUT2D eigenvalue weighted by atomic mass is 10.00. The average molecular weight is 630 g/mol. The summed E-state index contributed by atoms with van der Waals surface area (Å²) in [6, 6.07) is 30.7. The summed E-state index contributed by atoms with van der Waals surface area (Å²) < 4.78 is 2.12. The minimum atomic E-state index is -0.704. The molecule has 1 aliphatic rings. The van der Waals surface area contributed by atoms with Crippen LogP contribution in [0.15, 0.2) is 103 Å². The van der Waals surface area contributed by atoms with Crippen molar-refractivity contribution in [3.05, 3.63) is 120 Å². The van der Waals surface area contributed by atoms with E-state index in [0.29, 0.717) is 31.5 Å². The number of fused-ring (bicyclic) bond motifs is 2. The Morgan fingerprint density at radius 3 is 2.38 bits per heavy atom. The Kier molecular flexibility index (Phi) is 9.68. The molecule has 8 nitrogen and oxygen atoms in total. The first-order valence-electron chi connectivity index (χ1n) is 16.4. The molecule has 2 heterocycles. The van der Waals surface area contributed by atoms with Gasteiger partial charge < -0.3 is 24.6 Å². The molecule has 0 spiro atoms. The summed E-state index contributed by atoms with van der Waals surface area (Å²) in [5.74, 6) is -0.616. The maximum absolute atomic E-state index is 14.1. The van der Waals surface area contributed by atoms with Crippen molar-refractivity contribution in [2.75, 3.05) is 34.2 Å². The third-order valence-electron chi connectivity index (χ3n) is 9.13. The van der Waals surface area contributed by atoms with Crippen molar-refractivity contribution in [3.63, 3.8) is 0 Å².